The summed E-state index contributed by atoms with van der Waals surface area (Å²) in [5.74, 6) is 2.74. The zero-order chi connectivity index (χ0) is 36.4. The number of para-hydroxylation sites is 1. The molecule has 6 nitrogen and oxygen atoms in total. The molecular formula is C44H49NO5Si. The molecule has 51 heavy (non-hydrogen) atoms. The van der Waals surface area contributed by atoms with Gasteiger partial charge in [-0.3, -0.25) is 0 Å². The molecule has 1 aliphatic heterocycles. The van der Waals surface area contributed by atoms with Crippen LogP contribution in [0.25, 0.3) is 21.8 Å². The molecule has 2 heterocycles. The molecular weight excluding hydrogens is 651 g/mol. The van der Waals surface area contributed by atoms with Gasteiger partial charge in [-0.2, -0.15) is 0 Å². The zero-order valence-corrected chi connectivity index (χ0v) is 32.0. The van der Waals surface area contributed by atoms with Gasteiger partial charge in [0.05, 0.1) is 22.2 Å². The van der Waals surface area contributed by atoms with E-state index in [1.165, 1.54) is 0 Å². The van der Waals surface area contributed by atoms with Gasteiger partial charge in [-0.05, 0) is 79.0 Å². The fourth-order valence-electron chi connectivity index (χ4n) is 7.96. The lowest BCUT2D eigenvalue weighted by atomic mass is 10.1. The van der Waals surface area contributed by atoms with Crippen LogP contribution in [0.5, 0.6) is 0 Å². The van der Waals surface area contributed by atoms with E-state index in [4.69, 9.17) is 14.2 Å². The maximum atomic E-state index is 13.4. The third-order valence-electron chi connectivity index (χ3n) is 10.7. The molecule has 5 aromatic rings. The molecule has 6 rings (SSSR count). The lowest BCUT2D eigenvalue weighted by Gasteiger charge is -2.38. The molecule has 264 valence electrons. The lowest BCUT2D eigenvalue weighted by molar-refractivity contribution is -0.0552. The Kier molecular flexibility index (Phi) is 10.6. The van der Waals surface area contributed by atoms with Crippen molar-refractivity contribution in [1.29, 1.82) is 0 Å². The van der Waals surface area contributed by atoms with E-state index in [9.17, 15) is 9.59 Å². The summed E-state index contributed by atoms with van der Waals surface area (Å²) in [6.45, 7) is 17.9. The van der Waals surface area contributed by atoms with Crippen molar-refractivity contribution in [3.05, 3.63) is 119 Å². The third kappa shape index (κ3) is 7.26. The molecule has 7 heteroatoms. The minimum Gasteiger partial charge on any atom is -0.459 e. The van der Waals surface area contributed by atoms with Crippen LogP contribution in [-0.2, 0) is 14.2 Å². The molecule has 0 amide bonds. The number of aromatic nitrogens is 1. The molecule has 0 bridgehead atoms. The summed E-state index contributed by atoms with van der Waals surface area (Å²) in [4.78, 5) is 26.4. The van der Waals surface area contributed by atoms with Gasteiger partial charge in [0.25, 0.3) is 0 Å². The van der Waals surface area contributed by atoms with Gasteiger partial charge < -0.3 is 18.8 Å². The molecule has 0 aliphatic carbocycles. The Morgan fingerprint density at radius 1 is 0.765 bits per heavy atom. The van der Waals surface area contributed by atoms with Gasteiger partial charge in [0.1, 0.15) is 33.1 Å². The van der Waals surface area contributed by atoms with Crippen molar-refractivity contribution in [3.8, 4) is 11.5 Å². The minimum atomic E-state index is -1.91. The Labute approximate surface area is 303 Å². The van der Waals surface area contributed by atoms with Crippen LogP contribution in [0.4, 0.5) is 0 Å². The lowest BCUT2D eigenvalue weighted by Crippen LogP contribution is -2.43. The van der Waals surface area contributed by atoms with E-state index in [0.717, 1.165) is 38.5 Å². The summed E-state index contributed by atoms with van der Waals surface area (Å²) in [5, 5.41) is 2.19. The molecule has 3 atom stereocenters. The number of hydrogen-bond donors (Lipinski definition) is 0. The van der Waals surface area contributed by atoms with E-state index in [0.29, 0.717) is 34.2 Å². The summed E-state index contributed by atoms with van der Waals surface area (Å²) < 4.78 is 20.8. The van der Waals surface area contributed by atoms with Gasteiger partial charge in [0.15, 0.2) is 0 Å². The standard InChI is InChI=1S/C44H49NO5Si/c1-28(2)51(29(3)4,30(5)6)24-23-33-17-22-39-37(25-33)36-11-9-10-12-38(36)45(39)42-26-40(50-44(47)35-20-15-32(8)16-21-35)41(49-42)27-48-43(46)34-18-13-31(7)14-19-34/h9-22,25,28-30,40-42H,26-27H2,1-8H3/t40-,41+,42+/m0/s1. The van der Waals surface area contributed by atoms with Gasteiger partial charge in [0, 0.05) is 22.8 Å². The predicted octanol–water partition coefficient (Wildman–Crippen LogP) is 10.4. The third-order valence-corrected chi connectivity index (χ3v) is 17.0. The number of carbonyl (C=O) groups is 2. The number of fused-ring (bicyclic) bond motifs is 3. The molecule has 0 unspecified atom stereocenters. The van der Waals surface area contributed by atoms with Crippen LogP contribution in [0.3, 0.4) is 0 Å². The van der Waals surface area contributed by atoms with Crippen LogP contribution in [0, 0.1) is 25.3 Å². The van der Waals surface area contributed by atoms with Gasteiger partial charge in [0.2, 0.25) is 0 Å². The van der Waals surface area contributed by atoms with E-state index in [-0.39, 0.29) is 6.61 Å². The van der Waals surface area contributed by atoms with Crippen LogP contribution in [0.15, 0.2) is 91.0 Å². The topological polar surface area (TPSA) is 66.8 Å². The van der Waals surface area contributed by atoms with Gasteiger partial charge in [-0.15, -0.1) is 5.54 Å². The molecule has 0 N–H and O–H groups in total. The minimum absolute atomic E-state index is 0.0564. The number of rotatable bonds is 9. The first-order chi connectivity index (χ1) is 24.4. The second-order valence-corrected chi connectivity index (χ2v) is 20.5. The van der Waals surface area contributed by atoms with E-state index in [2.05, 4.69) is 87.9 Å². The monoisotopic (exact) mass is 699 g/mol. The summed E-state index contributed by atoms with van der Waals surface area (Å²) in [5.41, 5.74) is 11.6. The normalized spacial score (nSPS) is 17.7. The maximum absolute atomic E-state index is 13.4. The van der Waals surface area contributed by atoms with E-state index in [1.54, 1.807) is 24.3 Å². The van der Waals surface area contributed by atoms with Crippen molar-refractivity contribution in [3.63, 3.8) is 0 Å². The fraction of sp³-hybridized carbons (Fsp3) is 0.364. The van der Waals surface area contributed by atoms with Crippen LogP contribution in [0.2, 0.25) is 16.6 Å². The Morgan fingerprint density at radius 2 is 1.33 bits per heavy atom. The van der Waals surface area contributed by atoms with Gasteiger partial charge in [-0.1, -0.05) is 101 Å². The molecule has 0 spiro atoms. The van der Waals surface area contributed by atoms with Crippen LogP contribution < -0.4 is 0 Å². The number of esters is 2. The van der Waals surface area contributed by atoms with E-state index >= 15 is 0 Å². The molecule has 4 aromatic carbocycles. The smallest absolute Gasteiger partial charge is 0.338 e. The fourth-order valence-corrected chi connectivity index (χ4v) is 13.2. The number of carbonyl (C=O) groups excluding carboxylic acids is 2. The van der Waals surface area contributed by atoms with E-state index < -0.39 is 38.4 Å². The highest BCUT2D eigenvalue weighted by Crippen LogP contribution is 2.42. The number of benzene rings is 4. The van der Waals surface area contributed by atoms with Crippen molar-refractivity contribution < 1.29 is 23.8 Å². The highest BCUT2D eigenvalue weighted by Gasteiger charge is 2.42. The average Bonchev–Trinajstić information content (AvgIpc) is 3.65. The SMILES string of the molecule is Cc1ccc(C(=O)OC[C@H]2O[C@@H](n3c4ccccc4c4cc(C#C[Si](C(C)C)(C(C)C)C(C)C)ccc43)C[C@@H]2OC(=O)c2ccc(C)cc2)cc1. The summed E-state index contributed by atoms with van der Waals surface area (Å²) in [7, 11) is -1.91. The molecule has 0 saturated carbocycles. The Morgan fingerprint density at radius 3 is 1.94 bits per heavy atom. The van der Waals surface area contributed by atoms with Crippen molar-refractivity contribution in [1.82, 2.24) is 4.57 Å². The number of aryl methyl sites for hydroxylation is 2. The molecule has 1 fully saturated rings. The molecule has 1 aromatic heterocycles. The summed E-state index contributed by atoms with van der Waals surface area (Å²) in [6, 6.07) is 29.3. The Balaban J connectivity index is 1.34. The first-order valence-electron chi connectivity index (χ1n) is 18.1. The first-order valence-corrected chi connectivity index (χ1v) is 20.3. The highest BCUT2D eigenvalue weighted by molar-refractivity contribution is 6.90. The molecule has 0 radical (unpaired) electrons. The predicted molar refractivity (Wildman–Crippen MR) is 208 cm³/mol. The van der Waals surface area contributed by atoms with Crippen molar-refractivity contribution in [2.75, 3.05) is 6.61 Å². The summed E-state index contributed by atoms with van der Waals surface area (Å²) in [6.07, 6.45) is -1.38. The highest BCUT2D eigenvalue weighted by atomic mass is 28.3. The van der Waals surface area contributed by atoms with Crippen molar-refractivity contribution in [2.45, 2.75) is 96.9 Å². The number of hydrogen-bond acceptors (Lipinski definition) is 5. The Hall–Kier alpha value is -4.64. The average molecular weight is 700 g/mol. The molecule has 1 aliphatic rings. The van der Waals surface area contributed by atoms with Crippen LogP contribution in [0.1, 0.15) is 91.6 Å². The quantitative estimate of drug-likeness (QED) is 0.0870. The van der Waals surface area contributed by atoms with Gasteiger partial charge in [-0.25, -0.2) is 9.59 Å². The van der Waals surface area contributed by atoms with Crippen molar-refractivity contribution >= 4 is 41.8 Å². The largest absolute Gasteiger partial charge is 0.459 e. The number of ether oxygens (including phenoxy) is 3. The van der Waals surface area contributed by atoms with Crippen molar-refractivity contribution in [2.24, 2.45) is 0 Å². The van der Waals surface area contributed by atoms with Gasteiger partial charge >= 0.3 is 11.9 Å². The van der Waals surface area contributed by atoms with Crippen LogP contribution in [-0.4, -0.2) is 43.4 Å². The number of nitrogens with zero attached hydrogens (tertiary/aromatic N) is 1. The molecule has 1 saturated heterocycles. The van der Waals surface area contributed by atoms with E-state index in [1.807, 2.05) is 50.2 Å². The Bertz CT molecular complexity index is 2080. The zero-order valence-electron chi connectivity index (χ0n) is 31.0. The maximum Gasteiger partial charge on any atom is 0.338 e. The second kappa shape index (κ2) is 14.9. The second-order valence-electron chi connectivity index (χ2n) is 14.9. The first kappa shape index (κ1) is 36.2. The summed E-state index contributed by atoms with van der Waals surface area (Å²) >= 11 is 0. The van der Waals surface area contributed by atoms with Crippen LogP contribution >= 0.6 is 0 Å².